The number of benzene rings is 1. The van der Waals surface area contributed by atoms with E-state index in [2.05, 4.69) is 44.2 Å². The Balaban J connectivity index is 1.83. The van der Waals surface area contributed by atoms with Crippen molar-refractivity contribution in [2.45, 2.75) is 57.9 Å². The van der Waals surface area contributed by atoms with Gasteiger partial charge in [0, 0.05) is 5.54 Å². The first-order chi connectivity index (χ1) is 8.59. The van der Waals surface area contributed by atoms with Gasteiger partial charge in [0.25, 0.3) is 0 Å². The fourth-order valence-corrected chi connectivity index (χ4v) is 3.17. The Morgan fingerprint density at radius 1 is 1.17 bits per heavy atom. The maximum absolute atomic E-state index is 6.57. The van der Waals surface area contributed by atoms with E-state index in [-0.39, 0.29) is 5.54 Å². The third-order valence-corrected chi connectivity index (χ3v) is 4.72. The molecule has 0 aromatic heterocycles. The molecule has 1 nitrogen and oxygen atoms in total. The largest absolute Gasteiger partial charge is 0.325 e. The van der Waals surface area contributed by atoms with E-state index in [4.69, 9.17) is 5.73 Å². The van der Waals surface area contributed by atoms with Crippen LogP contribution in [0.15, 0.2) is 30.3 Å². The summed E-state index contributed by atoms with van der Waals surface area (Å²) in [6, 6.07) is 10.7. The summed E-state index contributed by atoms with van der Waals surface area (Å²) in [6.45, 7) is 4.69. The van der Waals surface area contributed by atoms with Crippen molar-refractivity contribution in [1.82, 2.24) is 0 Å². The van der Waals surface area contributed by atoms with Gasteiger partial charge >= 0.3 is 0 Å². The van der Waals surface area contributed by atoms with Gasteiger partial charge in [-0.2, -0.15) is 0 Å². The van der Waals surface area contributed by atoms with Gasteiger partial charge in [0.2, 0.25) is 0 Å². The van der Waals surface area contributed by atoms with Crippen molar-refractivity contribution < 1.29 is 0 Å². The summed E-state index contributed by atoms with van der Waals surface area (Å²) in [5, 5.41) is 0. The number of nitrogens with two attached hydrogens (primary N) is 1. The smallest absolute Gasteiger partial charge is 0.0157 e. The average molecular weight is 245 g/mol. The molecular formula is C17H27N. The van der Waals surface area contributed by atoms with Gasteiger partial charge in [0.05, 0.1) is 0 Å². The second kappa shape index (κ2) is 5.88. The third kappa shape index (κ3) is 3.58. The van der Waals surface area contributed by atoms with Crippen LogP contribution < -0.4 is 5.73 Å². The van der Waals surface area contributed by atoms with E-state index in [1.54, 1.807) is 0 Å². The second-order valence-electron chi connectivity index (χ2n) is 6.43. The molecule has 0 heterocycles. The van der Waals surface area contributed by atoms with Crippen LogP contribution in [-0.2, 0) is 6.42 Å². The molecule has 18 heavy (non-hydrogen) atoms. The van der Waals surface area contributed by atoms with E-state index >= 15 is 0 Å². The molecule has 0 atom stereocenters. The monoisotopic (exact) mass is 245 g/mol. The lowest BCUT2D eigenvalue weighted by molar-refractivity contribution is 0.187. The Hall–Kier alpha value is -0.820. The molecule has 0 bridgehead atoms. The molecule has 0 unspecified atom stereocenters. The maximum atomic E-state index is 6.57. The van der Waals surface area contributed by atoms with Crippen LogP contribution in [0.4, 0.5) is 0 Å². The Labute approximate surface area is 112 Å². The van der Waals surface area contributed by atoms with Gasteiger partial charge in [-0.05, 0) is 55.9 Å². The molecule has 0 amide bonds. The highest BCUT2D eigenvalue weighted by atomic mass is 14.7. The number of hydrogen-bond donors (Lipinski definition) is 1. The van der Waals surface area contributed by atoms with Gasteiger partial charge in [-0.3, -0.25) is 0 Å². The van der Waals surface area contributed by atoms with E-state index in [0.717, 1.165) is 24.7 Å². The van der Waals surface area contributed by atoms with Crippen molar-refractivity contribution >= 4 is 0 Å². The average Bonchev–Trinajstić information content (AvgIpc) is 2.38. The lowest BCUT2D eigenvalue weighted by Crippen LogP contribution is -2.44. The molecule has 1 aliphatic carbocycles. The summed E-state index contributed by atoms with van der Waals surface area (Å²) in [7, 11) is 0. The third-order valence-electron chi connectivity index (χ3n) is 4.72. The van der Waals surface area contributed by atoms with Crippen molar-refractivity contribution in [1.29, 1.82) is 0 Å². The first kappa shape index (κ1) is 13.6. The SMILES string of the molecule is CC(C)C1CCC(N)(CCc2ccccc2)CC1. The van der Waals surface area contributed by atoms with E-state index in [0.29, 0.717) is 0 Å². The standard InChI is InChI=1S/C17H27N/c1-14(2)16-9-12-17(18,13-10-16)11-8-15-6-4-3-5-7-15/h3-7,14,16H,8-13,18H2,1-2H3. The van der Waals surface area contributed by atoms with Gasteiger partial charge in [0.1, 0.15) is 0 Å². The van der Waals surface area contributed by atoms with Gasteiger partial charge in [-0.25, -0.2) is 0 Å². The zero-order valence-electron chi connectivity index (χ0n) is 11.9. The van der Waals surface area contributed by atoms with Gasteiger partial charge in [-0.1, -0.05) is 44.2 Å². The van der Waals surface area contributed by atoms with Crippen molar-refractivity contribution in [3.63, 3.8) is 0 Å². The first-order valence-electron chi connectivity index (χ1n) is 7.42. The van der Waals surface area contributed by atoms with Crippen LogP contribution in [0.5, 0.6) is 0 Å². The highest BCUT2D eigenvalue weighted by Crippen LogP contribution is 2.36. The van der Waals surface area contributed by atoms with Crippen LogP contribution >= 0.6 is 0 Å². The van der Waals surface area contributed by atoms with Crippen molar-refractivity contribution in [3.8, 4) is 0 Å². The molecule has 1 saturated carbocycles. The van der Waals surface area contributed by atoms with Gasteiger partial charge < -0.3 is 5.73 Å². The molecular weight excluding hydrogens is 218 g/mol. The Kier molecular flexibility index (Phi) is 4.45. The molecule has 100 valence electrons. The minimum atomic E-state index is 0.0984. The zero-order valence-corrected chi connectivity index (χ0v) is 11.9. The first-order valence-corrected chi connectivity index (χ1v) is 7.42. The molecule has 0 saturated heterocycles. The normalized spacial score (nSPS) is 28.6. The van der Waals surface area contributed by atoms with Crippen LogP contribution in [0, 0.1) is 11.8 Å². The van der Waals surface area contributed by atoms with Crippen LogP contribution in [0.3, 0.4) is 0 Å². The van der Waals surface area contributed by atoms with E-state index in [1.807, 2.05) is 0 Å². The number of aryl methyl sites for hydroxylation is 1. The Bertz CT molecular complexity index is 347. The molecule has 0 radical (unpaired) electrons. The zero-order chi connectivity index (χ0) is 13.0. The molecule has 2 rings (SSSR count). The molecule has 1 aromatic rings. The van der Waals surface area contributed by atoms with Crippen molar-refractivity contribution in [2.24, 2.45) is 17.6 Å². The van der Waals surface area contributed by atoms with Gasteiger partial charge in [-0.15, -0.1) is 0 Å². The molecule has 1 fully saturated rings. The topological polar surface area (TPSA) is 26.0 Å². The molecule has 1 aromatic carbocycles. The maximum Gasteiger partial charge on any atom is 0.0157 e. The predicted octanol–water partition coefficient (Wildman–Crippen LogP) is 4.16. The molecule has 1 heteroatoms. The Morgan fingerprint density at radius 3 is 2.33 bits per heavy atom. The minimum absolute atomic E-state index is 0.0984. The van der Waals surface area contributed by atoms with E-state index in [9.17, 15) is 0 Å². The summed E-state index contributed by atoms with van der Waals surface area (Å²) in [5.74, 6) is 1.72. The second-order valence-corrected chi connectivity index (χ2v) is 6.43. The van der Waals surface area contributed by atoms with Crippen molar-refractivity contribution in [3.05, 3.63) is 35.9 Å². The fraction of sp³-hybridized carbons (Fsp3) is 0.647. The van der Waals surface area contributed by atoms with Gasteiger partial charge in [0.15, 0.2) is 0 Å². The molecule has 1 aliphatic rings. The van der Waals surface area contributed by atoms with Crippen LogP contribution in [0.25, 0.3) is 0 Å². The summed E-state index contributed by atoms with van der Waals surface area (Å²) >= 11 is 0. The highest BCUT2D eigenvalue weighted by molar-refractivity contribution is 5.15. The number of hydrogen-bond acceptors (Lipinski definition) is 1. The molecule has 0 spiro atoms. The number of rotatable bonds is 4. The lowest BCUT2D eigenvalue weighted by Gasteiger charge is -2.38. The van der Waals surface area contributed by atoms with E-state index < -0.39 is 0 Å². The van der Waals surface area contributed by atoms with Crippen LogP contribution in [0.2, 0.25) is 0 Å². The summed E-state index contributed by atoms with van der Waals surface area (Å²) in [5.41, 5.74) is 8.09. The summed E-state index contributed by atoms with van der Waals surface area (Å²) < 4.78 is 0. The van der Waals surface area contributed by atoms with Crippen LogP contribution in [0.1, 0.15) is 51.5 Å². The van der Waals surface area contributed by atoms with Crippen LogP contribution in [-0.4, -0.2) is 5.54 Å². The minimum Gasteiger partial charge on any atom is -0.325 e. The molecule has 2 N–H and O–H groups in total. The van der Waals surface area contributed by atoms with Crippen molar-refractivity contribution in [2.75, 3.05) is 0 Å². The highest BCUT2D eigenvalue weighted by Gasteiger charge is 2.32. The quantitative estimate of drug-likeness (QED) is 0.846. The lowest BCUT2D eigenvalue weighted by atomic mass is 9.71. The summed E-state index contributed by atoms with van der Waals surface area (Å²) in [4.78, 5) is 0. The molecule has 0 aliphatic heterocycles. The Morgan fingerprint density at radius 2 is 1.78 bits per heavy atom. The van der Waals surface area contributed by atoms with E-state index in [1.165, 1.54) is 31.2 Å². The summed E-state index contributed by atoms with van der Waals surface area (Å²) in [6.07, 6.45) is 7.34. The fourth-order valence-electron chi connectivity index (χ4n) is 3.17. The predicted molar refractivity (Wildman–Crippen MR) is 78.5 cm³/mol.